The van der Waals surface area contributed by atoms with Crippen LogP contribution in [0.2, 0.25) is 0 Å². The van der Waals surface area contributed by atoms with Gasteiger partial charge in [0.25, 0.3) is 0 Å². The first-order chi connectivity index (χ1) is 12.8. The molecule has 0 aliphatic rings. The molecule has 0 unspecified atom stereocenters. The largest absolute Gasteiger partial charge is 0.493 e. The number of nitrogens with one attached hydrogen (secondary N) is 2. The van der Waals surface area contributed by atoms with E-state index < -0.39 is 23.9 Å². The van der Waals surface area contributed by atoms with Crippen molar-refractivity contribution in [2.45, 2.75) is 12.3 Å². The summed E-state index contributed by atoms with van der Waals surface area (Å²) in [7, 11) is 2.89. The molecule has 0 saturated heterocycles. The third-order valence-corrected chi connectivity index (χ3v) is 3.73. The summed E-state index contributed by atoms with van der Waals surface area (Å²) in [5, 5.41) is 15.0. The van der Waals surface area contributed by atoms with Crippen LogP contribution in [0.15, 0.2) is 42.5 Å². The summed E-state index contributed by atoms with van der Waals surface area (Å²) in [5.74, 6) is 0.763. The number of urea groups is 1. The van der Waals surface area contributed by atoms with Crippen LogP contribution in [0.1, 0.15) is 17.2 Å². The number of alkyl halides is 3. The highest BCUT2D eigenvalue weighted by atomic mass is 19.4. The number of hydrogen-bond donors (Lipinski definition) is 3. The van der Waals surface area contributed by atoms with E-state index in [1.165, 1.54) is 14.2 Å². The summed E-state index contributed by atoms with van der Waals surface area (Å²) in [6.45, 7) is -0.191. The average molecular weight is 384 g/mol. The molecule has 0 aliphatic carbocycles. The third-order valence-electron chi connectivity index (χ3n) is 3.73. The molecule has 0 fully saturated rings. The summed E-state index contributed by atoms with van der Waals surface area (Å²) in [5.41, 5.74) is -0.199. The molecule has 2 rings (SSSR count). The number of hydrogen-bond acceptors (Lipinski definition) is 4. The number of methoxy groups -OCH3 is 2. The van der Waals surface area contributed by atoms with Gasteiger partial charge in [0.2, 0.25) is 0 Å². The minimum Gasteiger partial charge on any atom is -0.493 e. The van der Waals surface area contributed by atoms with Crippen LogP contribution in [0.5, 0.6) is 11.5 Å². The van der Waals surface area contributed by atoms with E-state index >= 15 is 0 Å². The number of carbonyl (C=O) groups is 1. The predicted molar refractivity (Wildman–Crippen MR) is 93.0 cm³/mol. The lowest BCUT2D eigenvalue weighted by Crippen LogP contribution is -2.32. The van der Waals surface area contributed by atoms with E-state index in [4.69, 9.17) is 9.47 Å². The Bertz CT molecular complexity index is 779. The zero-order valence-corrected chi connectivity index (χ0v) is 14.6. The van der Waals surface area contributed by atoms with Crippen LogP contribution in [0.25, 0.3) is 0 Å². The molecule has 0 saturated carbocycles. The molecule has 1 atom stereocenters. The van der Waals surface area contributed by atoms with Gasteiger partial charge in [-0.25, -0.2) is 4.79 Å². The number of benzene rings is 2. The second kappa shape index (κ2) is 8.63. The fraction of sp³-hybridized carbons (Fsp3) is 0.278. The maximum Gasteiger partial charge on any atom is 0.416 e. The SMILES string of the molecule is COc1cccc(NC(=O)NC[C@H](O)c2ccc(C(F)(F)F)cc2)c1OC. The Kier molecular flexibility index (Phi) is 6.51. The standard InChI is InChI=1S/C18H19F3N2O4/c1-26-15-5-3-4-13(16(15)27-2)23-17(25)22-10-14(24)11-6-8-12(9-7-11)18(19,20)21/h3-9,14,24H,10H2,1-2H3,(H2,22,23,25)/t14-/m0/s1. The van der Waals surface area contributed by atoms with E-state index in [9.17, 15) is 23.1 Å². The molecule has 6 nitrogen and oxygen atoms in total. The van der Waals surface area contributed by atoms with Gasteiger partial charge >= 0.3 is 12.2 Å². The zero-order chi connectivity index (χ0) is 20.0. The lowest BCUT2D eigenvalue weighted by atomic mass is 10.1. The molecule has 0 aliphatic heterocycles. The number of para-hydroxylation sites is 1. The number of anilines is 1. The highest BCUT2D eigenvalue weighted by molar-refractivity contribution is 5.91. The Morgan fingerprint density at radius 2 is 1.78 bits per heavy atom. The van der Waals surface area contributed by atoms with E-state index in [2.05, 4.69) is 10.6 Å². The van der Waals surface area contributed by atoms with Crippen LogP contribution in [0.4, 0.5) is 23.7 Å². The summed E-state index contributed by atoms with van der Waals surface area (Å²) in [4.78, 5) is 12.0. The van der Waals surface area contributed by atoms with Gasteiger partial charge in [-0.15, -0.1) is 0 Å². The van der Waals surface area contributed by atoms with Gasteiger partial charge in [0.15, 0.2) is 11.5 Å². The molecule has 2 aromatic carbocycles. The predicted octanol–water partition coefficient (Wildman–Crippen LogP) is 3.58. The van der Waals surface area contributed by atoms with E-state index in [1.54, 1.807) is 18.2 Å². The summed E-state index contributed by atoms with van der Waals surface area (Å²) in [6.07, 6.45) is -5.61. The monoisotopic (exact) mass is 384 g/mol. The molecule has 0 bridgehead atoms. The second-order valence-electron chi connectivity index (χ2n) is 5.51. The highest BCUT2D eigenvalue weighted by Crippen LogP contribution is 2.34. The van der Waals surface area contributed by atoms with Crippen molar-refractivity contribution in [2.24, 2.45) is 0 Å². The minimum atomic E-state index is -4.45. The Balaban J connectivity index is 1.96. The molecule has 3 N–H and O–H groups in total. The molecule has 0 aromatic heterocycles. The number of rotatable bonds is 6. The van der Waals surface area contributed by atoms with Crippen LogP contribution < -0.4 is 20.1 Å². The topological polar surface area (TPSA) is 79.8 Å². The van der Waals surface area contributed by atoms with Crippen molar-refractivity contribution in [3.63, 3.8) is 0 Å². The molecule has 146 valence electrons. The van der Waals surface area contributed by atoms with Crippen molar-refractivity contribution < 1.29 is 32.5 Å². The Morgan fingerprint density at radius 1 is 1.11 bits per heavy atom. The molecule has 2 amide bonds. The van der Waals surface area contributed by atoms with E-state index in [1.807, 2.05) is 0 Å². The molecule has 9 heteroatoms. The fourth-order valence-corrected chi connectivity index (χ4v) is 2.35. The van der Waals surface area contributed by atoms with Crippen molar-refractivity contribution in [1.29, 1.82) is 0 Å². The fourth-order valence-electron chi connectivity index (χ4n) is 2.35. The van der Waals surface area contributed by atoms with Crippen LogP contribution in [0, 0.1) is 0 Å². The normalized spacial score (nSPS) is 12.2. The summed E-state index contributed by atoms with van der Waals surface area (Å²) < 4.78 is 48.0. The van der Waals surface area contributed by atoms with Gasteiger partial charge in [-0.05, 0) is 29.8 Å². The maximum atomic E-state index is 12.6. The lowest BCUT2D eigenvalue weighted by Gasteiger charge is -2.16. The average Bonchev–Trinajstić information content (AvgIpc) is 2.65. The van der Waals surface area contributed by atoms with Crippen LogP contribution in [0.3, 0.4) is 0 Å². The van der Waals surface area contributed by atoms with E-state index in [-0.39, 0.29) is 12.1 Å². The molecule has 0 radical (unpaired) electrons. The highest BCUT2D eigenvalue weighted by Gasteiger charge is 2.30. The number of aliphatic hydroxyl groups is 1. The number of carbonyl (C=O) groups excluding carboxylic acids is 1. The van der Waals surface area contributed by atoms with Gasteiger partial charge in [-0.1, -0.05) is 18.2 Å². The van der Waals surface area contributed by atoms with Gasteiger partial charge in [0.05, 0.1) is 31.6 Å². The van der Waals surface area contributed by atoms with Gasteiger partial charge in [0, 0.05) is 6.54 Å². The summed E-state index contributed by atoms with van der Waals surface area (Å²) in [6, 6.07) is 8.39. The molecule has 27 heavy (non-hydrogen) atoms. The maximum absolute atomic E-state index is 12.6. The Hall–Kier alpha value is -2.94. The van der Waals surface area contributed by atoms with Crippen molar-refractivity contribution in [3.05, 3.63) is 53.6 Å². The number of ether oxygens (including phenoxy) is 2. The van der Waals surface area contributed by atoms with Crippen LogP contribution in [-0.4, -0.2) is 31.9 Å². The van der Waals surface area contributed by atoms with Crippen molar-refractivity contribution in [2.75, 3.05) is 26.1 Å². The quantitative estimate of drug-likeness (QED) is 0.711. The van der Waals surface area contributed by atoms with Gasteiger partial charge < -0.3 is 25.2 Å². The van der Waals surface area contributed by atoms with E-state index in [0.717, 1.165) is 24.3 Å². The Morgan fingerprint density at radius 3 is 2.33 bits per heavy atom. The van der Waals surface area contributed by atoms with Crippen molar-refractivity contribution in [3.8, 4) is 11.5 Å². The van der Waals surface area contributed by atoms with Gasteiger partial charge in [-0.2, -0.15) is 13.2 Å². The van der Waals surface area contributed by atoms with Crippen LogP contribution >= 0.6 is 0 Å². The minimum absolute atomic E-state index is 0.191. The first-order valence-electron chi connectivity index (χ1n) is 7.87. The molecule has 2 aromatic rings. The van der Waals surface area contributed by atoms with Crippen molar-refractivity contribution in [1.82, 2.24) is 5.32 Å². The van der Waals surface area contributed by atoms with Crippen molar-refractivity contribution >= 4 is 11.7 Å². The molecular formula is C18H19F3N2O4. The number of amides is 2. The molecule has 0 heterocycles. The summed E-state index contributed by atoms with van der Waals surface area (Å²) >= 11 is 0. The second-order valence-corrected chi connectivity index (χ2v) is 5.51. The van der Waals surface area contributed by atoms with Gasteiger partial charge in [-0.3, -0.25) is 0 Å². The number of aliphatic hydroxyl groups excluding tert-OH is 1. The molecular weight excluding hydrogens is 365 g/mol. The molecule has 0 spiro atoms. The zero-order valence-electron chi connectivity index (χ0n) is 14.6. The Labute approximate surface area is 153 Å². The third kappa shape index (κ3) is 5.27. The van der Waals surface area contributed by atoms with Crippen LogP contribution in [-0.2, 0) is 6.18 Å². The lowest BCUT2D eigenvalue weighted by molar-refractivity contribution is -0.137. The van der Waals surface area contributed by atoms with E-state index in [0.29, 0.717) is 17.2 Å². The smallest absolute Gasteiger partial charge is 0.416 e. The first kappa shape index (κ1) is 20.4. The number of halogens is 3. The van der Waals surface area contributed by atoms with Gasteiger partial charge in [0.1, 0.15) is 0 Å². The first-order valence-corrected chi connectivity index (χ1v) is 7.87.